The zero-order valence-corrected chi connectivity index (χ0v) is 36.5. The molecule has 0 aliphatic carbocycles. The van der Waals surface area contributed by atoms with Crippen LogP contribution in [0.3, 0.4) is 0 Å². The highest BCUT2D eigenvalue weighted by Crippen LogP contribution is 2.54. The molecule has 12 nitrogen and oxygen atoms in total. The summed E-state index contributed by atoms with van der Waals surface area (Å²) < 4.78 is 40.6. The third kappa shape index (κ3) is 8.69. The number of carbonyl (C=O) groups excluding carboxylic acids is 3. The molecule has 0 bridgehead atoms. The van der Waals surface area contributed by atoms with Crippen molar-refractivity contribution in [2.45, 2.75) is 71.2 Å². The topological polar surface area (TPSA) is 134 Å². The zero-order chi connectivity index (χ0) is 45.3. The highest BCUT2D eigenvalue weighted by molar-refractivity contribution is 5.97. The Hall–Kier alpha value is -7.31. The van der Waals surface area contributed by atoms with Gasteiger partial charge >= 0.3 is 17.9 Å². The molecule has 6 aromatic rings. The van der Waals surface area contributed by atoms with Gasteiger partial charge in [-0.05, 0) is 119 Å². The molecule has 0 radical (unpaired) electrons. The molecular weight excluding hydrogens is 817 g/mol. The van der Waals surface area contributed by atoms with Crippen LogP contribution in [-0.2, 0) is 41.4 Å². The summed E-state index contributed by atoms with van der Waals surface area (Å²) in [6.45, 7) is 18.9. The number of fused-ring (bicyclic) bond motifs is 5. The molecule has 12 heteroatoms. The molecule has 2 aliphatic rings. The Labute approximate surface area is 370 Å². The maximum Gasteiger partial charge on any atom is 0.343 e. The minimum absolute atomic E-state index is 0.204. The number of ether oxygens (including phenoxy) is 7. The molecule has 0 aromatic heterocycles. The summed E-state index contributed by atoms with van der Waals surface area (Å²) >= 11 is 0. The summed E-state index contributed by atoms with van der Waals surface area (Å²) in [6.07, 6.45) is 1.39. The fraction of sp³-hybridized carbons (Fsp3) is 0.250. The van der Waals surface area contributed by atoms with Gasteiger partial charge in [-0.2, -0.15) is 4.89 Å². The number of benzene rings is 6. The van der Waals surface area contributed by atoms with Crippen molar-refractivity contribution < 1.29 is 57.3 Å². The molecule has 0 amide bonds. The van der Waals surface area contributed by atoms with Gasteiger partial charge < -0.3 is 38.0 Å². The molecule has 328 valence electrons. The van der Waals surface area contributed by atoms with Crippen LogP contribution in [0, 0.1) is 13.8 Å². The summed E-state index contributed by atoms with van der Waals surface area (Å²) in [5, 5.41) is 3.58. The SMILES string of the molecule is C=CC(=O)OCOc1ccc2cc(COOc3cc4c(cc3C)OC3C(Oc5cc(C)c(OC(=O)c6ccc7cc(OCOC(=O)C=C)ccc7c6)cc5C3(C)C)C4(C)C)ccc2c1. The Bertz CT molecular complexity index is 2840. The van der Waals surface area contributed by atoms with Crippen LogP contribution in [0.2, 0.25) is 0 Å². The van der Waals surface area contributed by atoms with Crippen molar-refractivity contribution in [3.8, 4) is 34.5 Å². The lowest BCUT2D eigenvalue weighted by molar-refractivity contribution is -0.218. The van der Waals surface area contributed by atoms with E-state index in [0.29, 0.717) is 34.3 Å². The van der Waals surface area contributed by atoms with Crippen LogP contribution in [-0.4, -0.2) is 43.7 Å². The van der Waals surface area contributed by atoms with Gasteiger partial charge in [-0.25, -0.2) is 14.4 Å². The highest BCUT2D eigenvalue weighted by Gasteiger charge is 2.56. The Morgan fingerprint density at radius 3 is 1.66 bits per heavy atom. The predicted octanol–water partition coefficient (Wildman–Crippen LogP) is 10.2. The summed E-state index contributed by atoms with van der Waals surface area (Å²) in [7, 11) is 0. The minimum Gasteiger partial charge on any atom is -0.485 e. The largest absolute Gasteiger partial charge is 0.485 e. The first-order valence-electron chi connectivity index (χ1n) is 20.7. The Morgan fingerprint density at radius 1 is 0.609 bits per heavy atom. The quantitative estimate of drug-likeness (QED) is 0.0258. The van der Waals surface area contributed by atoms with E-state index in [9.17, 15) is 14.4 Å². The van der Waals surface area contributed by atoms with Gasteiger partial charge in [0.15, 0.2) is 5.75 Å². The minimum atomic E-state index is -0.576. The summed E-state index contributed by atoms with van der Waals surface area (Å²) in [6, 6.07) is 29.9. The number of hydrogen-bond donors (Lipinski definition) is 0. The van der Waals surface area contributed by atoms with Crippen LogP contribution < -0.4 is 28.6 Å². The van der Waals surface area contributed by atoms with Crippen LogP contribution in [0.25, 0.3) is 21.5 Å². The first-order chi connectivity index (χ1) is 30.6. The van der Waals surface area contributed by atoms with Gasteiger partial charge in [-0.1, -0.05) is 71.2 Å². The molecule has 6 aromatic carbocycles. The Kier molecular flexibility index (Phi) is 11.8. The fourth-order valence-electron chi connectivity index (χ4n) is 8.12. The number of hydrogen-bond acceptors (Lipinski definition) is 12. The average molecular weight is 865 g/mol. The first kappa shape index (κ1) is 43.3. The number of carbonyl (C=O) groups is 3. The molecular formula is C52H48O12. The second kappa shape index (κ2) is 17.5. The second-order valence-corrected chi connectivity index (χ2v) is 16.9. The highest BCUT2D eigenvalue weighted by atomic mass is 17.2. The molecule has 0 saturated carbocycles. The van der Waals surface area contributed by atoms with Crippen LogP contribution in [0.15, 0.2) is 122 Å². The van der Waals surface area contributed by atoms with Crippen molar-refractivity contribution in [3.63, 3.8) is 0 Å². The number of rotatable bonds is 14. The van der Waals surface area contributed by atoms with E-state index in [1.807, 2.05) is 80.6 Å². The van der Waals surface area contributed by atoms with Gasteiger partial charge in [0.1, 0.15) is 47.6 Å². The lowest BCUT2D eigenvalue weighted by Crippen LogP contribution is -2.61. The second-order valence-electron chi connectivity index (χ2n) is 16.9. The molecule has 2 unspecified atom stereocenters. The van der Waals surface area contributed by atoms with Crippen molar-refractivity contribution >= 4 is 39.5 Å². The smallest absolute Gasteiger partial charge is 0.343 e. The monoisotopic (exact) mass is 864 g/mol. The molecule has 2 heterocycles. The standard InChI is InChI=1S/C52H48O12/c1-9-46(53)58-28-56-38-17-15-33-21-32(11-12-35(33)23-38)27-60-64-43-26-41-45(20-31(43)4)62-48-49(52(41,7)8)61-44-19-30(3)42(25-40(44)51(48,5)6)63-50(55)37-14-13-36-24-39(18-16-34(36)22-37)57-29-59-47(54)10-2/h9-26,48-49H,1-2,27-29H2,3-8H3. The molecule has 8 rings (SSSR count). The number of aryl methyl sites for hydroxylation is 2. The third-order valence-electron chi connectivity index (χ3n) is 11.8. The fourth-order valence-corrected chi connectivity index (χ4v) is 8.12. The van der Waals surface area contributed by atoms with E-state index >= 15 is 0 Å². The molecule has 0 N–H and O–H groups in total. The summed E-state index contributed by atoms with van der Waals surface area (Å²) in [5.41, 5.74) is 3.59. The molecule has 0 saturated heterocycles. The summed E-state index contributed by atoms with van der Waals surface area (Å²) in [4.78, 5) is 48.0. The molecule has 0 fully saturated rings. The van der Waals surface area contributed by atoms with Crippen molar-refractivity contribution in [3.05, 3.63) is 156 Å². The van der Waals surface area contributed by atoms with Gasteiger partial charge in [-0.3, -0.25) is 0 Å². The van der Waals surface area contributed by atoms with Crippen molar-refractivity contribution in [1.29, 1.82) is 0 Å². The van der Waals surface area contributed by atoms with E-state index in [1.165, 1.54) is 0 Å². The van der Waals surface area contributed by atoms with E-state index in [1.54, 1.807) is 30.3 Å². The van der Waals surface area contributed by atoms with E-state index in [0.717, 1.165) is 67.3 Å². The van der Waals surface area contributed by atoms with Gasteiger partial charge in [0.05, 0.1) is 5.56 Å². The van der Waals surface area contributed by atoms with Gasteiger partial charge in [0.25, 0.3) is 0 Å². The van der Waals surface area contributed by atoms with E-state index in [4.69, 9.17) is 42.9 Å². The lowest BCUT2D eigenvalue weighted by atomic mass is 9.65. The van der Waals surface area contributed by atoms with E-state index < -0.39 is 28.7 Å². The van der Waals surface area contributed by atoms with Gasteiger partial charge in [-0.15, -0.1) is 0 Å². The first-order valence-corrected chi connectivity index (χ1v) is 20.7. The van der Waals surface area contributed by atoms with Crippen LogP contribution in [0.1, 0.15) is 65.9 Å². The van der Waals surface area contributed by atoms with Crippen LogP contribution in [0.4, 0.5) is 0 Å². The van der Waals surface area contributed by atoms with Crippen LogP contribution in [0.5, 0.6) is 34.5 Å². The maximum absolute atomic E-state index is 13.6. The van der Waals surface area contributed by atoms with Crippen LogP contribution >= 0.6 is 0 Å². The Morgan fingerprint density at radius 2 is 1.09 bits per heavy atom. The van der Waals surface area contributed by atoms with E-state index in [-0.39, 0.29) is 32.4 Å². The zero-order valence-electron chi connectivity index (χ0n) is 36.5. The van der Waals surface area contributed by atoms with Crippen molar-refractivity contribution in [1.82, 2.24) is 0 Å². The van der Waals surface area contributed by atoms with Crippen molar-refractivity contribution in [2.75, 3.05) is 13.6 Å². The molecule has 2 atom stereocenters. The van der Waals surface area contributed by atoms with Crippen molar-refractivity contribution in [2.24, 2.45) is 0 Å². The Balaban J connectivity index is 0.939. The summed E-state index contributed by atoms with van der Waals surface area (Å²) in [5.74, 6) is 1.89. The lowest BCUT2D eigenvalue weighted by Gasteiger charge is -2.53. The molecule has 0 spiro atoms. The molecule has 64 heavy (non-hydrogen) atoms. The maximum atomic E-state index is 13.6. The molecule has 2 aliphatic heterocycles. The average Bonchev–Trinajstić information content (AvgIpc) is 3.27. The predicted molar refractivity (Wildman–Crippen MR) is 239 cm³/mol. The normalized spacial score (nSPS) is 16.4. The van der Waals surface area contributed by atoms with E-state index in [2.05, 4.69) is 40.9 Å². The van der Waals surface area contributed by atoms with Gasteiger partial charge in [0, 0.05) is 34.1 Å². The van der Waals surface area contributed by atoms with Gasteiger partial charge in [0.2, 0.25) is 13.6 Å². The number of esters is 3. The third-order valence-corrected chi connectivity index (χ3v) is 11.8.